The van der Waals surface area contributed by atoms with Gasteiger partial charge in [0, 0.05) is 53.0 Å². The normalized spacial score (nSPS) is 19.9. The molecule has 8 nitrogen and oxygen atoms in total. The van der Waals surface area contributed by atoms with Gasteiger partial charge in [-0.25, -0.2) is 4.99 Å². The van der Waals surface area contributed by atoms with E-state index in [-0.39, 0.29) is 0 Å². The molecule has 1 aliphatic carbocycles. The zero-order valence-electron chi connectivity index (χ0n) is 19.2. The first kappa shape index (κ1) is 23.0. The van der Waals surface area contributed by atoms with Crippen molar-refractivity contribution in [3.05, 3.63) is 11.6 Å². The highest BCUT2D eigenvalue weighted by atomic mass is 16.5. The van der Waals surface area contributed by atoms with E-state index in [1.807, 2.05) is 18.5 Å². The molecular formula is C22H41N7O. The molecule has 0 radical (unpaired) electrons. The number of aliphatic imine (C=N–C) groups is 1. The van der Waals surface area contributed by atoms with E-state index in [4.69, 9.17) is 9.73 Å². The van der Waals surface area contributed by atoms with Gasteiger partial charge < -0.3 is 24.8 Å². The molecule has 1 aromatic heterocycles. The van der Waals surface area contributed by atoms with Crippen LogP contribution in [0.5, 0.6) is 0 Å². The highest BCUT2D eigenvalue weighted by Gasteiger charge is 2.23. The van der Waals surface area contributed by atoms with Crippen molar-refractivity contribution in [3.63, 3.8) is 0 Å². The highest BCUT2D eigenvalue weighted by Crippen LogP contribution is 2.25. The van der Waals surface area contributed by atoms with Gasteiger partial charge in [-0.3, -0.25) is 0 Å². The van der Waals surface area contributed by atoms with Gasteiger partial charge in [-0.15, -0.1) is 10.2 Å². The number of methoxy groups -OCH3 is 1. The second-order valence-corrected chi connectivity index (χ2v) is 8.88. The van der Waals surface area contributed by atoms with Gasteiger partial charge in [0.05, 0.1) is 0 Å². The number of aromatic nitrogens is 3. The van der Waals surface area contributed by atoms with Crippen molar-refractivity contribution < 1.29 is 4.74 Å². The molecule has 0 atom stereocenters. The molecule has 2 aliphatic rings. The number of nitrogens with one attached hydrogen (secondary N) is 2. The smallest absolute Gasteiger partial charge is 0.191 e. The van der Waals surface area contributed by atoms with Crippen LogP contribution in [0.3, 0.4) is 0 Å². The van der Waals surface area contributed by atoms with Crippen molar-refractivity contribution in [3.8, 4) is 0 Å². The van der Waals surface area contributed by atoms with E-state index in [0.29, 0.717) is 12.6 Å². The average molecular weight is 420 g/mol. The first-order valence-electron chi connectivity index (χ1n) is 11.8. The Kier molecular flexibility index (Phi) is 9.39. The predicted molar refractivity (Wildman–Crippen MR) is 121 cm³/mol. The van der Waals surface area contributed by atoms with Crippen LogP contribution in [0.1, 0.15) is 63.0 Å². The highest BCUT2D eigenvalue weighted by molar-refractivity contribution is 5.80. The first-order chi connectivity index (χ1) is 14.7. The van der Waals surface area contributed by atoms with Crippen LogP contribution in [0.15, 0.2) is 4.99 Å². The van der Waals surface area contributed by atoms with Gasteiger partial charge in [-0.2, -0.15) is 0 Å². The van der Waals surface area contributed by atoms with Crippen LogP contribution in [0.25, 0.3) is 0 Å². The molecule has 170 valence electrons. The van der Waals surface area contributed by atoms with Gasteiger partial charge >= 0.3 is 0 Å². The number of ether oxygens (including phenoxy) is 1. The van der Waals surface area contributed by atoms with E-state index in [1.54, 1.807) is 7.11 Å². The van der Waals surface area contributed by atoms with Gasteiger partial charge in [-0.05, 0) is 44.9 Å². The summed E-state index contributed by atoms with van der Waals surface area (Å²) >= 11 is 0. The lowest BCUT2D eigenvalue weighted by atomic mass is 9.88. The molecule has 8 heteroatoms. The lowest BCUT2D eigenvalue weighted by Gasteiger charge is -2.36. The third-order valence-electron chi connectivity index (χ3n) is 6.55. The van der Waals surface area contributed by atoms with E-state index in [1.165, 1.54) is 64.6 Å². The average Bonchev–Trinajstić information content (AvgIpc) is 3.09. The first-order valence-corrected chi connectivity index (χ1v) is 11.8. The molecule has 30 heavy (non-hydrogen) atoms. The maximum absolute atomic E-state index is 5.17. The summed E-state index contributed by atoms with van der Waals surface area (Å²) in [6.45, 7) is 7.76. The maximum atomic E-state index is 5.17. The summed E-state index contributed by atoms with van der Waals surface area (Å²) < 4.78 is 7.16. The molecule has 1 aliphatic heterocycles. The third-order valence-corrected chi connectivity index (χ3v) is 6.55. The Morgan fingerprint density at radius 1 is 1.13 bits per heavy atom. The molecule has 1 saturated carbocycles. The number of rotatable bonds is 9. The monoisotopic (exact) mass is 419 g/mol. The Labute approximate surface area is 181 Å². The van der Waals surface area contributed by atoms with Crippen LogP contribution in [0, 0.1) is 12.8 Å². The lowest BCUT2D eigenvalue weighted by Crippen LogP contribution is -2.49. The molecular weight excluding hydrogens is 378 g/mol. The molecule has 0 aromatic carbocycles. The minimum Gasteiger partial charge on any atom is -0.385 e. The van der Waals surface area contributed by atoms with Crippen LogP contribution in [0.4, 0.5) is 0 Å². The van der Waals surface area contributed by atoms with Gasteiger partial charge in [0.25, 0.3) is 0 Å². The lowest BCUT2D eigenvalue weighted by molar-refractivity contribution is 0.160. The largest absolute Gasteiger partial charge is 0.385 e. The van der Waals surface area contributed by atoms with Crippen molar-refractivity contribution in [1.82, 2.24) is 30.3 Å². The van der Waals surface area contributed by atoms with Crippen LogP contribution < -0.4 is 10.6 Å². The fourth-order valence-electron chi connectivity index (χ4n) is 4.50. The summed E-state index contributed by atoms with van der Waals surface area (Å²) in [5.74, 6) is 3.59. The molecule has 0 bridgehead atoms. The second-order valence-electron chi connectivity index (χ2n) is 8.88. The molecule has 1 saturated heterocycles. The second kappa shape index (κ2) is 12.2. The number of nitrogens with zero attached hydrogens (tertiary/aromatic N) is 5. The summed E-state index contributed by atoms with van der Waals surface area (Å²) in [6, 6.07) is 0.475. The van der Waals surface area contributed by atoms with E-state index in [0.717, 1.165) is 43.1 Å². The van der Waals surface area contributed by atoms with Crippen molar-refractivity contribution >= 4 is 5.96 Å². The van der Waals surface area contributed by atoms with Gasteiger partial charge in [0.15, 0.2) is 11.8 Å². The summed E-state index contributed by atoms with van der Waals surface area (Å²) in [5, 5.41) is 15.5. The summed E-state index contributed by atoms with van der Waals surface area (Å²) in [7, 11) is 3.73. The van der Waals surface area contributed by atoms with Crippen LogP contribution in [-0.2, 0) is 18.3 Å². The molecule has 1 aromatic rings. The zero-order valence-corrected chi connectivity index (χ0v) is 19.2. The number of hydrogen-bond donors (Lipinski definition) is 2. The van der Waals surface area contributed by atoms with Gasteiger partial charge in [0.1, 0.15) is 12.4 Å². The number of piperidine rings is 1. The molecule has 0 unspecified atom stereocenters. The number of hydrogen-bond acceptors (Lipinski definition) is 5. The SMILES string of the molecule is COCCCNC(=NCc1nnc(C)n1C)NC1CCN(CC2CCCCC2)CC1. The van der Waals surface area contributed by atoms with Crippen molar-refractivity contribution in [1.29, 1.82) is 0 Å². The molecule has 0 spiro atoms. The van der Waals surface area contributed by atoms with E-state index in [9.17, 15) is 0 Å². The minimum atomic E-state index is 0.475. The predicted octanol–water partition coefficient (Wildman–Crippen LogP) is 2.24. The van der Waals surface area contributed by atoms with Crippen molar-refractivity contribution in [2.24, 2.45) is 18.0 Å². The Balaban J connectivity index is 1.48. The third kappa shape index (κ3) is 7.23. The van der Waals surface area contributed by atoms with Gasteiger partial charge in [-0.1, -0.05) is 19.3 Å². The van der Waals surface area contributed by atoms with Crippen LogP contribution in [0.2, 0.25) is 0 Å². The van der Waals surface area contributed by atoms with E-state index in [2.05, 4.69) is 25.7 Å². The Bertz CT molecular complexity index is 646. The Hall–Kier alpha value is -1.67. The van der Waals surface area contributed by atoms with E-state index >= 15 is 0 Å². The number of likely N-dealkylation sites (tertiary alicyclic amines) is 1. The quantitative estimate of drug-likeness (QED) is 0.363. The number of guanidine groups is 1. The topological polar surface area (TPSA) is 79.6 Å². The fraction of sp³-hybridized carbons (Fsp3) is 0.864. The maximum Gasteiger partial charge on any atom is 0.191 e. The zero-order chi connectivity index (χ0) is 21.2. The Morgan fingerprint density at radius 3 is 2.57 bits per heavy atom. The minimum absolute atomic E-state index is 0.475. The molecule has 2 heterocycles. The molecule has 0 amide bonds. The Morgan fingerprint density at radius 2 is 1.90 bits per heavy atom. The fourth-order valence-corrected chi connectivity index (χ4v) is 4.50. The summed E-state index contributed by atoms with van der Waals surface area (Å²) in [6.07, 6.45) is 10.5. The summed E-state index contributed by atoms with van der Waals surface area (Å²) in [4.78, 5) is 7.47. The van der Waals surface area contributed by atoms with E-state index < -0.39 is 0 Å². The molecule has 3 rings (SSSR count). The van der Waals surface area contributed by atoms with Crippen molar-refractivity contribution in [2.75, 3.05) is 39.9 Å². The van der Waals surface area contributed by atoms with Gasteiger partial charge in [0.2, 0.25) is 0 Å². The molecule has 2 N–H and O–H groups in total. The standard InChI is InChI=1S/C22H41N7O/c1-18-26-27-21(28(18)2)16-24-22(23-12-7-15-30-3)25-20-10-13-29(14-11-20)17-19-8-5-4-6-9-19/h19-20H,4-17H2,1-3H3,(H2,23,24,25). The molecule has 2 fully saturated rings. The number of aryl methyl sites for hydroxylation is 1. The summed E-state index contributed by atoms with van der Waals surface area (Å²) in [5.41, 5.74) is 0. The van der Waals surface area contributed by atoms with Crippen molar-refractivity contribution in [2.45, 2.75) is 70.9 Å². The van der Waals surface area contributed by atoms with Crippen LogP contribution >= 0.6 is 0 Å². The van der Waals surface area contributed by atoms with Crippen LogP contribution in [-0.4, -0.2) is 71.6 Å².